The lowest BCUT2D eigenvalue weighted by molar-refractivity contribution is -0.143. The van der Waals surface area contributed by atoms with Gasteiger partial charge in [0, 0.05) is 43.1 Å². The number of aliphatic carboxylic acids is 6. The van der Waals surface area contributed by atoms with E-state index >= 15 is 0 Å². The predicted octanol–water partition coefficient (Wildman–Crippen LogP) is 0.357. The third kappa shape index (κ3) is 28.3. The molecule has 0 unspecified atom stereocenters. The third-order valence-electron chi connectivity index (χ3n) is 11.1. The summed E-state index contributed by atoms with van der Waals surface area (Å²) in [4.78, 5) is 148. The first-order chi connectivity index (χ1) is 37.2. The second kappa shape index (κ2) is 35.5. The number of hydrogen-bond donors (Lipinski definition) is 15. The monoisotopic (exact) mass is 1170 g/mol. The lowest BCUT2D eigenvalue weighted by atomic mass is 9.91. The van der Waals surface area contributed by atoms with Gasteiger partial charge in [-0.15, -0.1) is 0 Å². The van der Waals surface area contributed by atoms with Crippen LogP contribution in [0.25, 0.3) is 0 Å². The molecule has 434 valence electrons. The average Bonchev–Trinajstić information content (AvgIpc) is 3.37. The number of hydrogen-bond acceptors (Lipinski definition) is 17. The molecule has 2 aromatic carbocycles. The van der Waals surface area contributed by atoms with Crippen LogP contribution in [0.1, 0.15) is 76.3 Å². The Morgan fingerprint density at radius 3 is 1.56 bits per heavy atom. The molecule has 0 radical (unpaired) electrons. The van der Waals surface area contributed by atoms with Crippen molar-refractivity contribution in [3.8, 4) is 5.75 Å². The lowest BCUT2D eigenvalue weighted by Gasteiger charge is -2.24. The molecular weight excluding hydrogens is 1100 g/mol. The van der Waals surface area contributed by atoms with Crippen LogP contribution in [0, 0.1) is 11.8 Å². The molecule has 2 aromatic rings. The van der Waals surface area contributed by atoms with Gasteiger partial charge in [-0.2, -0.15) is 0 Å². The number of phenolic OH excluding ortho intramolecular Hbond substituents is 1. The molecule has 0 saturated carbocycles. The summed E-state index contributed by atoms with van der Waals surface area (Å²) in [5, 5.41) is 79.6. The molecule has 6 amide bonds. The maximum absolute atomic E-state index is 13.7. The largest absolute Gasteiger partial charge is 0.508 e. The SMILES string of the molecule is C[C@@H](Cc1ccc(O)cc1)C[C@H](C)C(=O)NNC(=O)OCCSSC[C@H](NC(=O)[C@H](Cc1ccccc1)NC(=O)[C@H](CC(=O)O)NC(=O)CC[C@H](NC(=O)CC[C@@H](NC(=S)N[C@H](CCC(=O)O)C(=O)O)C(=O)O)C(=O)O)C(=O)O. The fourth-order valence-corrected chi connectivity index (χ4v) is 9.35. The number of carbonyl (C=O) groups excluding carboxylic acids is 6. The first-order valence-electron chi connectivity index (χ1n) is 24.1. The van der Waals surface area contributed by atoms with E-state index in [4.69, 9.17) is 22.1 Å². The van der Waals surface area contributed by atoms with Crippen molar-refractivity contribution < 1.29 is 98.0 Å². The van der Waals surface area contributed by atoms with Crippen LogP contribution in [0.3, 0.4) is 0 Å². The van der Waals surface area contributed by atoms with E-state index in [1.54, 1.807) is 61.5 Å². The molecule has 0 bridgehead atoms. The van der Waals surface area contributed by atoms with Crippen molar-refractivity contribution in [2.24, 2.45) is 11.8 Å². The van der Waals surface area contributed by atoms with Gasteiger partial charge in [-0.25, -0.2) is 29.4 Å². The number of nitrogens with one attached hydrogen (secondary N) is 8. The molecule has 0 aromatic heterocycles. The van der Waals surface area contributed by atoms with E-state index in [2.05, 4.69) is 42.8 Å². The van der Waals surface area contributed by atoms with Gasteiger partial charge in [-0.1, -0.05) is 77.9 Å². The summed E-state index contributed by atoms with van der Waals surface area (Å²) < 4.78 is 5.06. The van der Waals surface area contributed by atoms with Gasteiger partial charge in [0.2, 0.25) is 29.5 Å². The number of carbonyl (C=O) groups is 12. The van der Waals surface area contributed by atoms with E-state index in [1.165, 1.54) is 0 Å². The number of phenols is 1. The summed E-state index contributed by atoms with van der Waals surface area (Å²) in [5.41, 5.74) is 5.93. The zero-order chi connectivity index (χ0) is 59.2. The number of benzene rings is 2. The van der Waals surface area contributed by atoms with Crippen LogP contribution in [0.5, 0.6) is 5.75 Å². The zero-order valence-electron chi connectivity index (χ0n) is 42.7. The highest BCUT2D eigenvalue weighted by atomic mass is 33.1. The number of thiocarbonyl (C=S) groups is 1. The maximum Gasteiger partial charge on any atom is 0.426 e. The topological polar surface area (TPSA) is 452 Å². The van der Waals surface area contributed by atoms with Gasteiger partial charge in [0.15, 0.2) is 5.11 Å². The molecule has 0 aliphatic carbocycles. The molecule has 0 saturated heterocycles. The average molecular weight is 1170 g/mol. The summed E-state index contributed by atoms with van der Waals surface area (Å²) in [6, 6.07) is 4.94. The van der Waals surface area contributed by atoms with Crippen molar-refractivity contribution in [3.63, 3.8) is 0 Å². The predicted molar refractivity (Wildman–Crippen MR) is 285 cm³/mol. The standard InChI is InChI=1S/C48H64N8O20S3/c1-25(21-28-8-10-29(57)11-9-28)20-26(2)40(64)55-56-48(75)76-18-19-78-79-24-35(46(73)74)52-41(65)33(22-27-6-4-3-5-7-27)51-42(66)34(23-39(62)63)50-37(59)15-12-30(43(67)68)49-36(58)16-13-31(44(69)70)53-47(77)54-32(45(71)72)14-17-38(60)61/h3-11,25-26,30-35,57H,12-24H2,1-2H3,(H,49,58)(H,50,59)(H,51,66)(H,52,65)(H,55,64)(H,56,75)(H,60,61)(H,62,63)(H,67,68)(H,69,70)(H,71,72)(H,73,74)(H2,53,54,77)/t25-,26+,30+,31-,32-,33+,34+,35+/m1/s1. The number of aromatic hydroxyl groups is 1. The number of carboxylic acids is 6. The van der Waals surface area contributed by atoms with Crippen LogP contribution in [0.2, 0.25) is 0 Å². The van der Waals surface area contributed by atoms with Crippen LogP contribution >= 0.6 is 33.8 Å². The summed E-state index contributed by atoms with van der Waals surface area (Å²) in [7, 11) is 2.08. The quantitative estimate of drug-likeness (QED) is 0.0189. The summed E-state index contributed by atoms with van der Waals surface area (Å²) in [5.74, 6) is -14.0. The molecule has 79 heavy (non-hydrogen) atoms. The van der Waals surface area contributed by atoms with Crippen molar-refractivity contribution in [1.82, 2.24) is 42.8 Å². The summed E-state index contributed by atoms with van der Waals surface area (Å²) in [6.45, 7) is 3.51. The Labute approximate surface area is 465 Å². The molecule has 31 heteroatoms. The lowest BCUT2D eigenvalue weighted by Crippen LogP contribution is -2.57. The molecule has 28 nitrogen and oxygen atoms in total. The Bertz CT molecular complexity index is 2460. The third-order valence-corrected chi connectivity index (χ3v) is 13.7. The van der Waals surface area contributed by atoms with E-state index in [0.717, 1.165) is 27.2 Å². The highest BCUT2D eigenvalue weighted by Gasteiger charge is 2.32. The maximum atomic E-state index is 13.7. The van der Waals surface area contributed by atoms with Gasteiger partial charge in [0.05, 0.1) is 6.42 Å². The fourth-order valence-electron chi connectivity index (χ4n) is 7.09. The van der Waals surface area contributed by atoms with Crippen LogP contribution in [-0.2, 0) is 70.3 Å². The first kappa shape index (κ1) is 67.2. The van der Waals surface area contributed by atoms with Gasteiger partial charge < -0.3 is 72.4 Å². The van der Waals surface area contributed by atoms with Crippen molar-refractivity contribution in [3.05, 3.63) is 65.7 Å². The number of hydrazine groups is 1. The Hall–Kier alpha value is -7.93. The van der Waals surface area contributed by atoms with Crippen LogP contribution < -0.4 is 42.8 Å². The van der Waals surface area contributed by atoms with E-state index < -0.39 is 164 Å². The number of amides is 6. The molecule has 0 fully saturated rings. The Morgan fingerprint density at radius 2 is 1.03 bits per heavy atom. The summed E-state index contributed by atoms with van der Waals surface area (Å²) in [6.07, 6.45) is -4.54. The Kier molecular flexibility index (Phi) is 30.2. The van der Waals surface area contributed by atoms with Crippen molar-refractivity contribution in [1.29, 1.82) is 0 Å². The minimum Gasteiger partial charge on any atom is -0.508 e. The van der Waals surface area contributed by atoms with Crippen LogP contribution in [-0.4, -0.2) is 167 Å². The van der Waals surface area contributed by atoms with Crippen molar-refractivity contribution in [2.75, 3.05) is 18.1 Å². The van der Waals surface area contributed by atoms with Crippen LogP contribution in [0.15, 0.2) is 54.6 Å². The van der Waals surface area contributed by atoms with E-state index in [9.17, 15) is 88.2 Å². The fraction of sp³-hybridized carbons (Fsp3) is 0.479. The molecule has 0 heterocycles. The summed E-state index contributed by atoms with van der Waals surface area (Å²) >= 11 is 4.94. The zero-order valence-corrected chi connectivity index (χ0v) is 45.1. The molecule has 15 N–H and O–H groups in total. The van der Waals surface area contributed by atoms with Crippen molar-refractivity contribution in [2.45, 2.75) is 114 Å². The molecule has 0 spiro atoms. The molecular formula is C48H64N8O20S3. The van der Waals surface area contributed by atoms with Gasteiger partial charge in [-0.3, -0.25) is 39.0 Å². The van der Waals surface area contributed by atoms with Gasteiger partial charge in [-0.05, 0) is 73.5 Å². The van der Waals surface area contributed by atoms with E-state index in [-0.39, 0.29) is 36.2 Å². The molecule has 2 rings (SSSR count). The number of carboxylic acid groups (broad SMARTS) is 6. The van der Waals surface area contributed by atoms with Gasteiger partial charge in [0.1, 0.15) is 48.6 Å². The molecule has 0 aliphatic rings. The normalized spacial score (nSPS) is 13.8. The van der Waals surface area contributed by atoms with Crippen LogP contribution in [0.4, 0.5) is 4.79 Å². The van der Waals surface area contributed by atoms with E-state index in [1.807, 2.05) is 6.92 Å². The van der Waals surface area contributed by atoms with E-state index in [0.29, 0.717) is 18.4 Å². The Morgan fingerprint density at radius 1 is 0.532 bits per heavy atom. The highest BCUT2D eigenvalue weighted by Crippen LogP contribution is 2.22. The number of rotatable bonds is 36. The van der Waals surface area contributed by atoms with Gasteiger partial charge in [0.25, 0.3) is 0 Å². The van der Waals surface area contributed by atoms with Gasteiger partial charge >= 0.3 is 41.9 Å². The van der Waals surface area contributed by atoms with Crippen molar-refractivity contribution >= 4 is 110 Å². The smallest absolute Gasteiger partial charge is 0.426 e. The molecule has 0 aliphatic heterocycles. The number of ether oxygens (including phenoxy) is 1. The second-order valence-electron chi connectivity index (χ2n) is 17.7. The second-order valence-corrected chi connectivity index (χ2v) is 20.7. The molecule has 8 atom stereocenters. The minimum atomic E-state index is -1.87. The first-order valence-corrected chi connectivity index (χ1v) is 27.0. The Balaban J connectivity index is 1.96. The highest BCUT2D eigenvalue weighted by molar-refractivity contribution is 8.76. The minimum absolute atomic E-state index is 0.109.